The molecule has 1 atom stereocenters. The van der Waals surface area contributed by atoms with Crippen LogP contribution in [0.1, 0.15) is 18.1 Å². The summed E-state index contributed by atoms with van der Waals surface area (Å²) in [6.45, 7) is 1.77. The average Bonchev–Trinajstić information content (AvgIpc) is 2.86. The van der Waals surface area contributed by atoms with E-state index in [1.807, 2.05) is 0 Å². The van der Waals surface area contributed by atoms with E-state index >= 15 is 4.39 Å². The van der Waals surface area contributed by atoms with Crippen molar-refractivity contribution in [1.82, 2.24) is 19.9 Å². The standard InChI is InChI=1S/C20H18F6N6O2/c1-7-4-10(27)28-15(12(7)20(24,25)26)16-13(23)14-11-17(31-19(30-14)33-3)32(5-9(21)22)8(2)6-34-18(11)29-16/h4,8-9H,5-6H2,1-3H3,(H2,27,28)/t8-/m0/s1. The number of anilines is 2. The maximum absolute atomic E-state index is 15.8. The van der Waals surface area contributed by atoms with Crippen molar-refractivity contribution in [3.63, 3.8) is 0 Å². The van der Waals surface area contributed by atoms with E-state index in [4.69, 9.17) is 15.2 Å². The van der Waals surface area contributed by atoms with E-state index in [2.05, 4.69) is 19.9 Å². The first-order chi connectivity index (χ1) is 15.9. The Balaban J connectivity index is 2.10. The van der Waals surface area contributed by atoms with Crippen molar-refractivity contribution in [2.24, 2.45) is 0 Å². The monoisotopic (exact) mass is 488 g/mol. The fraction of sp³-hybridized carbons (Fsp3) is 0.400. The molecule has 0 radical (unpaired) electrons. The quantitative estimate of drug-likeness (QED) is 0.551. The van der Waals surface area contributed by atoms with Crippen molar-refractivity contribution in [1.29, 1.82) is 0 Å². The molecule has 182 valence electrons. The summed E-state index contributed by atoms with van der Waals surface area (Å²) in [6.07, 6.45) is -7.68. The molecule has 0 unspecified atom stereocenters. The van der Waals surface area contributed by atoms with Gasteiger partial charge in [0.15, 0.2) is 5.82 Å². The summed E-state index contributed by atoms with van der Waals surface area (Å²) in [6, 6.07) is -0.0500. The van der Waals surface area contributed by atoms with Crippen LogP contribution in [0.3, 0.4) is 0 Å². The van der Waals surface area contributed by atoms with Gasteiger partial charge in [0.2, 0.25) is 5.88 Å². The lowest BCUT2D eigenvalue weighted by Crippen LogP contribution is -2.40. The maximum atomic E-state index is 15.8. The number of nitrogen functional groups attached to an aromatic ring is 1. The molecule has 0 aliphatic carbocycles. The van der Waals surface area contributed by atoms with Gasteiger partial charge in [-0.15, -0.1) is 0 Å². The third-order valence-electron chi connectivity index (χ3n) is 5.24. The Kier molecular flexibility index (Phi) is 5.77. The molecule has 0 fully saturated rings. The molecule has 0 bridgehead atoms. The lowest BCUT2D eigenvalue weighted by Gasteiger charge is -2.28. The first-order valence-corrected chi connectivity index (χ1v) is 9.89. The molecule has 0 saturated heterocycles. The first kappa shape index (κ1) is 23.6. The molecule has 14 heteroatoms. The zero-order chi connectivity index (χ0) is 24.9. The number of aryl methyl sites for hydroxylation is 1. The molecule has 34 heavy (non-hydrogen) atoms. The summed E-state index contributed by atoms with van der Waals surface area (Å²) in [5.41, 5.74) is 1.93. The number of rotatable bonds is 4. The minimum absolute atomic E-state index is 0.145. The van der Waals surface area contributed by atoms with Gasteiger partial charge in [-0.05, 0) is 25.5 Å². The molecule has 0 amide bonds. The Hall–Kier alpha value is -3.58. The lowest BCUT2D eigenvalue weighted by molar-refractivity contribution is -0.137. The van der Waals surface area contributed by atoms with Crippen LogP contribution >= 0.6 is 0 Å². The molecule has 0 spiro atoms. The molecule has 8 nitrogen and oxygen atoms in total. The summed E-state index contributed by atoms with van der Waals surface area (Å²) in [4.78, 5) is 16.9. The van der Waals surface area contributed by atoms with Gasteiger partial charge in [-0.1, -0.05) is 0 Å². The largest absolute Gasteiger partial charge is 0.475 e. The van der Waals surface area contributed by atoms with E-state index in [-0.39, 0.29) is 41.1 Å². The van der Waals surface area contributed by atoms with Crippen LogP contribution in [-0.2, 0) is 6.18 Å². The van der Waals surface area contributed by atoms with Crippen LogP contribution in [0.4, 0.5) is 38.0 Å². The van der Waals surface area contributed by atoms with Crippen molar-refractivity contribution in [3.8, 4) is 23.3 Å². The number of ether oxygens (including phenoxy) is 2. The second-order valence-corrected chi connectivity index (χ2v) is 7.63. The summed E-state index contributed by atoms with van der Waals surface area (Å²) >= 11 is 0. The highest BCUT2D eigenvalue weighted by atomic mass is 19.4. The zero-order valence-corrected chi connectivity index (χ0v) is 18.0. The van der Waals surface area contributed by atoms with E-state index in [1.165, 1.54) is 12.0 Å². The highest BCUT2D eigenvalue weighted by Gasteiger charge is 2.39. The smallest absolute Gasteiger partial charge is 0.418 e. The van der Waals surface area contributed by atoms with E-state index in [9.17, 15) is 22.0 Å². The van der Waals surface area contributed by atoms with Gasteiger partial charge in [-0.25, -0.2) is 23.1 Å². The number of hydrogen-bond donors (Lipinski definition) is 1. The molecule has 3 aromatic heterocycles. The zero-order valence-electron chi connectivity index (χ0n) is 18.0. The SMILES string of the molecule is COc1nc2c3c(nc(-c4nc(N)cc(C)c4C(F)(F)F)c(F)c3n1)OC[C@H](C)N2CC(F)F. The fourth-order valence-corrected chi connectivity index (χ4v) is 3.80. The third-order valence-corrected chi connectivity index (χ3v) is 5.24. The fourth-order valence-electron chi connectivity index (χ4n) is 3.80. The highest BCUT2D eigenvalue weighted by molar-refractivity contribution is 5.97. The Morgan fingerprint density at radius 1 is 1.21 bits per heavy atom. The number of nitrogens with two attached hydrogens (primary N) is 1. The highest BCUT2D eigenvalue weighted by Crippen LogP contribution is 2.43. The Morgan fingerprint density at radius 2 is 1.91 bits per heavy atom. The normalized spacial score (nSPS) is 16.1. The van der Waals surface area contributed by atoms with Crippen molar-refractivity contribution < 1.29 is 35.8 Å². The second kappa shape index (κ2) is 8.33. The predicted molar refractivity (Wildman–Crippen MR) is 110 cm³/mol. The van der Waals surface area contributed by atoms with E-state index in [0.29, 0.717) is 0 Å². The van der Waals surface area contributed by atoms with Crippen molar-refractivity contribution in [3.05, 3.63) is 23.0 Å². The van der Waals surface area contributed by atoms with Crippen LogP contribution in [0.25, 0.3) is 22.3 Å². The van der Waals surface area contributed by atoms with Gasteiger partial charge in [-0.2, -0.15) is 23.1 Å². The van der Waals surface area contributed by atoms with Crippen LogP contribution in [-0.4, -0.2) is 52.7 Å². The van der Waals surface area contributed by atoms with Gasteiger partial charge in [0.25, 0.3) is 6.43 Å². The van der Waals surface area contributed by atoms with E-state index in [1.54, 1.807) is 6.92 Å². The topological polar surface area (TPSA) is 99.3 Å². The minimum Gasteiger partial charge on any atom is -0.475 e. The Bertz CT molecular complexity index is 1270. The van der Waals surface area contributed by atoms with Crippen LogP contribution in [0, 0.1) is 12.7 Å². The molecule has 4 rings (SSSR count). The number of methoxy groups -OCH3 is 1. The summed E-state index contributed by atoms with van der Waals surface area (Å²) in [5, 5.41) is -0.179. The third kappa shape index (κ3) is 3.96. The van der Waals surface area contributed by atoms with Crippen molar-refractivity contribution >= 4 is 22.5 Å². The van der Waals surface area contributed by atoms with Crippen LogP contribution in [0.15, 0.2) is 6.07 Å². The van der Waals surface area contributed by atoms with Crippen LogP contribution < -0.4 is 20.1 Å². The lowest BCUT2D eigenvalue weighted by atomic mass is 10.0. The number of hydrogen-bond acceptors (Lipinski definition) is 8. The summed E-state index contributed by atoms with van der Waals surface area (Å²) < 4.78 is 94.5. The summed E-state index contributed by atoms with van der Waals surface area (Å²) in [7, 11) is 1.17. The number of nitrogens with zero attached hydrogens (tertiary/aromatic N) is 5. The number of aromatic nitrogens is 4. The maximum Gasteiger partial charge on any atom is 0.418 e. The molecule has 2 N–H and O–H groups in total. The van der Waals surface area contributed by atoms with Gasteiger partial charge in [0, 0.05) is 0 Å². The average molecular weight is 488 g/mol. The van der Waals surface area contributed by atoms with Crippen molar-refractivity contribution in [2.45, 2.75) is 32.5 Å². The number of halogens is 6. The summed E-state index contributed by atoms with van der Waals surface area (Å²) in [5.74, 6) is -2.05. The Labute approximate surface area is 188 Å². The van der Waals surface area contributed by atoms with Gasteiger partial charge < -0.3 is 20.1 Å². The second-order valence-electron chi connectivity index (χ2n) is 7.63. The molecule has 0 aromatic carbocycles. The number of pyridine rings is 2. The molecule has 4 heterocycles. The Morgan fingerprint density at radius 3 is 2.53 bits per heavy atom. The van der Waals surface area contributed by atoms with Crippen molar-refractivity contribution in [2.75, 3.05) is 30.9 Å². The molecule has 0 saturated carbocycles. The van der Waals surface area contributed by atoms with Gasteiger partial charge >= 0.3 is 12.2 Å². The van der Waals surface area contributed by atoms with Gasteiger partial charge in [-0.3, -0.25) is 0 Å². The van der Waals surface area contributed by atoms with E-state index in [0.717, 1.165) is 13.0 Å². The number of alkyl halides is 5. The predicted octanol–water partition coefficient (Wildman–Crippen LogP) is 4.00. The molecule has 1 aliphatic heterocycles. The van der Waals surface area contributed by atoms with Crippen LogP contribution in [0.2, 0.25) is 0 Å². The van der Waals surface area contributed by atoms with Gasteiger partial charge in [0.05, 0.1) is 25.3 Å². The molecular weight excluding hydrogens is 470 g/mol. The molecular formula is C20H18F6N6O2. The molecule has 1 aliphatic rings. The molecule has 3 aromatic rings. The van der Waals surface area contributed by atoms with E-state index < -0.39 is 53.5 Å². The minimum atomic E-state index is -4.91. The van der Waals surface area contributed by atoms with Crippen LogP contribution in [0.5, 0.6) is 11.9 Å². The van der Waals surface area contributed by atoms with Gasteiger partial charge in [0.1, 0.15) is 40.5 Å². The first-order valence-electron chi connectivity index (χ1n) is 9.89.